The van der Waals surface area contributed by atoms with E-state index < -0.39 is 11.5 Å². The summed E-state index contributed by atoms with van der Waals surface area (Å²) in [5.74, 6) is -1.26. The third-order valence-corrected chi connectivity index (χ3v) is 4.21. The Hall–Kier alpha value is -1.63. The van der Waals surface area contributed by atoms with Crippen LogP contribution in [0.4, 0.5) is 5.13 Å². The largest absolute Gasteiger partial charge is 0.479 e. The quantitative estimate of drug-likeness (QED) is 0.874. The zero-order valence-electron chi connectivity index (χ0n) is 10.8. The molecule has 2 heterocycles. The van der Waals surface area contributed by atoms with Gasteiger partial charge in [-0.2, -0.15) is 0 Å². The number of hydrogen-bond donors (Lipinski definition) is 2. The first-order valence-corrected chi connectivity index (χ1v) is 7.15. The molecule has 0 aliphatic carbocycles. The maximum absolute atomic E-state index is 12.4. The van der Waals surface area contributed by atoms with Crippen molar-refractivity contribution in [1.29, 1.82) is 0 Å². The number of rotatable bonds is 4. The number of nitrogen functional groups attached to an aromatic ring is 1. The number of aromatic nitrogens is 1. The molecule has 1 aromatic rings. The van der Waals surface area contributed by atoms with Crippen molar-refractivity contribution in [2.45, 2.75) is 38.1 Å². The maximum atomic E-state index is 12.4. The standard InChI is InChI=1S/C12H17N3O3S/c1-2-4-12(10(17)18)5-3-6-15(12)9(16)8-7-19-11(13)14-8/h7H,2-6H2,1H3,(H2,13,14)(H,17,18). The van der Waals surface area contributed by atoms with Gasteiger partial charge in [0.2, 0.25) is 0 Å². The maximum Gasteiger partial charge on any atom is 0.329 e. The van der Waals surface area contributed by atoms with Crippen molar-refractivity contribution < 1.29 is 14.7 Å². The van der Waals surface area contributed by atoms with Crippen LogP contribution in [0.3, 0.4) is 0 Å². The van der Waals surface area contributed by atoms with Crippen LogP contribution in [0.15, 0.2) is 5.38 Å². The van der Waals surface area contributed by atoms with Crippen LogP contribution < -0.4 is 5.73 Å². The molecule has 1 aromatic heterocycles. The van der Waals surface area contributed by atoms with Gasteiger partial charge in [0.25, 0.3) is 5.91 Å². The molecule has 1 amide bonds. The highest BCUT2D eigenvalue weighted by atomic mass is 32.1. The smallest absolute Gasteiger partial charge is 0.329 e. The fourth-order valence-electron chi connectivity index (χ4n) is 2.70. The topological polar surface area (TPSA) is 96.5 Å². The highest BCUT2D eigenvalue weighted by Gasteiger charge is 2.49. The second kappa shape index (κ2) is 5.16. The average molecular weight is 283 g/mol. The highest BCUT2D eigenvalue weighted by Crippen LogP contribution is 2.35. The highest BCUT2D eigenvalue weighted by molar-refractivity contribution is 7.13. The second-order valence-corrected chi connectivity index (χ2v) is 5.61. The molecule has 104 valence electrons. The molecule has 19 heavy (non-hydrogen) atoms. The Morgan fingerprint density at radius 1 is 1.63 bits per heavy atom. The Bertz CT molecular complexity index is 502. The van der Waals surface area contributed by atoms with Gasteiger partial charge in [0.05, 0.1) is 0 Å². The number of nitrogens with zero attached hydrogens (tertiary/aromatic N) is 2. The number of anilines is 1. The van der Waals surface area contributed by atoms with E-state index in [0.717, 1.165) is 6.42 Å². The monoisotopic (exact) mass is 283 g/mol. The molecule has 0 radical (unpaired) electrons. The Balaban J connectivity index is 2.31. The van der Waals surface area contributed by atoms with Crippen LogP contribution in [-0.4, -0.2) is 39.0 Å². The minimum Gasteiger partial charge on any atom is -0.479 e. The SMILES string of the molecule is CCCC1(C(=O)O)CCCN1C(=O)c1csc(N)n1. The van der Waals surface area contributed by atoms with Crippen LogP contribution >= 0.6 is 11.3 Å². The number of carboxylic acids is 1. The molecule has 1 aliphatic rings. The van der Waals surface area contributed by atoms with Crippen LogP contribution in [0, 0.1) is 0 Å². The van der Waals surface area contributed by atoms with E-state index in [4.69, 9.17) is 5.73 Å². The van der Waals surface area contributed by atoms with E-state index in [1.165, 1.54) is 16.2 Å². The van der Waals surface area contributed by atoms with Gasteiger partial charge in [-0.3, -0.25) is 4.79 Å². The van der Waals surface area contributed by atoms with E-state index in [2.05, 4.69) is 4.98 Å². The number of carbonyl (C=O) groups is 2. The summed E-state index contributed by atoms with van der Waals surface area (Å²) in [6, 6.07) is 0. The Labute approximate surface area is 115 Å². The van der Waals surface area contributed by atoms with Gasteiger partial charge in [0.15, 0.2) is 5.13 Å². The summed E-state index contributed by atoms with van der Waals surface area (Å²) in [6.07, 6.45) is 2.39. The van der Waals surface area contributed by atoms with E-state index in [1.807, 2.05) is 6.92 Å². The molecular formula is C12H17N3O3S. The number of nitrogens with two attached hydrogens (primary N) is 1. The van der Waals surface area contributed by atoms with E-state index in [-0.39, 0.29) is 11.6 Å². The average Bonchev–Trinajstić information content (AvgIpc) is 2.96. The van der Waals surface area contributed by atoms with Gasteiger partial charge in [-0.15, -0.1) is 11.3 Å². The lowest BCUT2D eigenvalue weighted by atomic mass is 9.90. The number of carboxylic acid groups (broad SMARTS) is 1. The van der Waals surface area contributed by atoms with Crippen LogP contribution in [0.5, 0.6) is 0 Å². The summed E-state index contributed by atoms with van der Waals surface area (Å²) in [5, 5.41) is 11.4. The molecule has 1 fully saturated rings. The Morgan fingerprint density at radius 2 is 2.37 bits per heavy atom. The van der Waals surface area contributed by atoms with Crippen molar-refractivity contribution in [1.82, 2.24) is 9.88 Å². The molecule has 1 saturated heterocycles. The second-order valence-electron chi connectivity index (χ2n) is 4.72. The summed E-state index contributed by atoms with van der Waals surface area (Å²) in [4.78, 5) is 29.4. The number of likely N-dealkylation sites (tertiary alicyclic amines) is 1. The Morgan fingerprint density at radius 3 is 2.89 bits per heavy atom. The molecule has 7 heteroatoms. The van der Waals surface area contributed by atoms with Gasteiger partial charge in [-0.05, 0) is 19.3 Å². The van der Waals surface area contributed by atoms with Crippen molar-refractivity contribution in [3.63, 3.8) is 0 Å². The van der Waals surface area contributed by atoms with Crippen LogP contribution in [0.2, 0.25) is 0 Å². The Kier molecular flexibility index (Phi) is 3.75. The van der Waals surface area contributed by atoms with Crippen LogP contribution in [0.25, 0.3) is 0 Å². The molecule has 0 saturated carbocycles. The van der Waals surface area contributed by atoms with Gasteiger partial charge >= 0.3 is 5.97 Å². The third-order valence-electron chi connectivity index (χ3n) is 3.54. The van der Waals surface area contributed by atoms with Crippen molar-refractivity contribution in [2.75, 3.05) is 12.3 Å². The molecule has 1 atom stereocenters. The van der Waals surface area contributed by atoms with Gasteiger partial charge in [0.1, 0.15) is 11.2 Å². The summed E-state index contributed by atoms with van der Waals surface area (Å²) in [5.41, 5.74) is 4.68. The van der Waals surface area contributed by atoms with Gasteiger partial charge < -0.3 is 15.7 Å². The lowest BCUT2D eigenvalue weighted by Crippen LogP contribution is -2.53. The molecule has 1 unspecified atom stereocenters. The summed E-state index contributed by atoms with van der Waals surface area (Å²) < 4.78 is 0. The summed E-state index contributed by atoms with van der Waals surface area (Å²) in [7, 11) is 0. The predicted octanol–water partition coefficient (Wildman–Crippen LogP) is 1.58. The molecule has 6 nitrogen and oxygen atoms in total. The fourth-order valence-corrected chi connectivity index (χ4v) is 3.24. The zero-order chi connectivity index (χ0) is 14.0. The summed E-state index contributed by atoms with van der Waals surface area (Å²) >= 11 is 1.19. The number of hydrogen-bond acceptors (Lipinski definition) is 5. The minimum absolute atomic E-state index is 0.242. The van der Waals surface area contributed by atoms with Crippen molar-refractivity contribution >= 4 is 28.3 Å². The summed E-state index contributed by atoms with van der Waals surface area (Å²) in [6.45, 7) is 2.38. The number of amides is 1. The van der Waals surface area contributed by atoms with E-state index >= 15 is 0 Å². The van der Waals surface area contributed by atoms with Crippen molar-refractivity contribution in [2.24, 2.45) is 0 Å². The zero-order valence-corrected chi connectivity index (χ0v) is 11.6. The van der Waals surface area contributed by atoms with E-state index in [9.17, 15) is 14.7 Å². The molecule has 0 spiro atoms. The van der Waals surface area contributed by atoms with E-state index in [1.54, 1.807) is 5.38 Å². The molecular weight excluding hydrogens is 266 g/mol. The van der Waals surface area contributed by atoms with Crippen molar-refractivity contribution in [3.05, 3.63) is 11.1 Å². The normalized spacial score (nSPS) is 22.7. The predicted molar refractivity (Wildman–Crippen MR) is 72.1 cm³/mol. The lowest BCUT2D eigenvalue weighted by Gasteiger charge is -2.34. The van der Waals surface area contributed by atoms with Gasteiger partial charge in [0, 0.05) is 11.9 Å². The lowest BCUT2D eigenvalue weighted by molar-refractivity contribution is -0.148. The van der Waals surface area contributed by atoms with Gasteiger partial charge in [-0.25, -0.2) is 9.78 Å². The molecule has 0 bridgehead atoms. The fraction of sp³-hybridized carbons (Fsp3) is 0.583. The minimum atomic E-state index is -1.08. The van der Waals surface area contributed by atoms with Crippen molar-refractivity contribution in [3.8, 4) is 0 Å². The first-order chi connectivity index (χ1) is 9.01. The molecule has 1 aliphatic heterocycles. The molecule has 0 aromatic carbocycles. The molecule has 3 N–H and O–H groups in total. The first kappa shape index (κ1) is 13.8. The number of carbonyl (C=O) groups excluding carboxylic acids is 1. The molecule has 2 rings (SSSR count). The van der Waals surface area contributed by atoms with Crippen LogP contribution in [-0.2, 0) is 4.79 Å². The first-order valence-electron chi connectivity index (χ1n) is 6.27. The number of aliphatic carboxylic acids is 1. The van der Waals surface area contributed by atoms with E-state index in [0.29, 0.717) is 30.9 Å². The number of thiazole rings is 1. The van der Waals surface area contributed by atoms with Gasteiger partial charge in [-0.1, -0.05) is 13.3 Å². The van der Waals surface area contributed by atoms with Crippen LogP contribution in [0.1, 0.15) is 43.1 Å². The third kappa shape index (κ3) is 2.30.